The molecule has 0 saturated carbocycles. The zero-order chi connectivity index (χ0) is 19.3. The van der Waals surface area contributed by atoms with Gasteiger partial charge >= 0.3 is 0 Å². The number of pyridine rings is 1. The molecule has 1 amide bonds. The number of halogens is 1. The minimum atomic E-state index is -3.42. The Labute approximate surface area is 164 Å². The van der Waals surface area contributed by atoms with Crippen LogP contribution in [0.2, 0.25) is 5.02 Å². The summed E-state index contributed by atoms with van der Waals surface area (Å²) in [6, 6.07) is 10.6. The second-order valence-corrected chi connectivity index (χ2v) is 9.04. The highest BCUT2D eigenvalue weighted by Crippen LogP contribution is 2.22. The molecule has 1 saturated heterocycles. The Morgan fingerprint density at radius 2 is 1.85 bits per heavy atom. The Bertz CT molecular complexity index is 882. The molecular formula is C19H22ClN3O3S. The number of nitrogens with zero attached hydrogens (tertiary/aromatic N) is 2. The topological polar surface area (TPSA) is 79.4 Å². The van der Waals surface area contributed by atoms with Crippen LogP contribution in [0.15, 0.2) is 48.8 Å². The smallest absolute Gasteiger partial charge is 0.223 e. The number of benzene rings is 1. The zero-order valence-corrected chi connectivity index (χ0v) is 16.4. The Morgan fingerprint density at radius 3 is 2.52 bits per heavy atom. The molecular weight excluding hydrogens is 386 g/mol. The number of nitrogens with one attached hydrogen (secondary N) is 1. The van der Waals surface area contributed by atoms with Crippen LogP contribution in [0.1, 0.15) is 24.0 Å². The number of hydrogen-bond donors (Lipinski definition) is 1. The summed E-state index contributed by atoms with van der Waals surface area (Å²) in [7, 11) is -3.42. The van der Waals surface area contributed by atoms with Crippen molar-refractivity contribution in [2.75, 3.05) is 13.1 Å². The van der Waals surface area contributed by atoms with E-state index in [1.807, 2.05) is 12.1 Å². The molecule has 2 aromatic rings. The first-order chi connectivity index (χ1) is 12.9. The van der Waals surface area contributed by atoms with Gasteiger partial charge in [-0.05, 0) is 48.2 Å². The lowest BCUT2D eigenvalue weighted by Gasteiger charge is -2.30. The minimum Gasteiger partial charge on any atom is -0.352 e. The second-order valence-electron chi connectivity index (χ2n) is 6.63. The highest BCUT2D eigenvalue weighted by atomic mass is 35.5. The molecule has 1 aromatic heterocycles. The van der Waals surface area contributed by atoms with Gasteiger partial charge in [0.1, 0.15) is 0 Å². The van der Waals surface area contributed by atoms with Gasteiger partial charge in [0.15, 0.2) is 0 Å². The van der Waals surface area contributed by atoms with Crippen molar-refractivity contribution in [1.82, 2.24) is 14.6 Å². The van der Waals surface area contributed by atoms with Gasteiger partial charge in [-0.2, -0.15) is 0 Å². The number of aromatic nitrogens is 1. The van der Waals surface area contributed by atoms with E-state index in [0.29, 0.717) is 43.1 Å². The van der Waals surface area contributed by atoms with Gasteiger partial charge in [-0.1, -0.05) is 23.7 Å². The lowest BCUT2D eigenvalue weighted by molar-refractivity contribution is -0.126. The third-order valence-corrected chi connectivity index (χ3v) is 6.76. The summed E-state index contributed by atoms with van der Waals surface area (Å²) in [5, 5.41) is 3.44. The summed E-state index contributed by atoms with van der Waals surface area (Å²) < 4.78 is 26.7. The normalized spacial score (nSPS) is 16.2. The summed E-state index contributed by atoms with van der Waals surface area (Å²) in [5.74, 6) is -0.268. The van der Waals surface area contributed by atoms with Crippen LogP contribution in [0, 0.1) is 5.92 Å². The number of piperidine rings is 1. The van der Waals surface area contributed by atoms with Gasteiger partial charge in [0, 0.05) is 43.0 Å². The third-order valence-electron chi connectivity index (χ3n) is 4.67. The molecule has 0 atom stereocenters. The van der Waals surface area contributed by atoms with Crippen LogP contribution in [-0.2, 0) is 27.1 Å². The highest BCUT2D eigenvalue weighted by molar-refractivity contribution is 7.88. The molecule has 8 heteroatoms. The number of carbonyl (C=O) groups excluding carboxylic acids is 1. The van der Waals surface area contributed by atoms with E-state index in [9.17, 15) is 13.2 Å². The molecule has 27 heavy (non-hydrogen) atoms. The lowest BCUT2D eigenvalue weighted by Crippen LogP contribution is -2.43. The molecule has 0 unspecified atom stereocenters. The van der Waals surface area contributed by atoms with Crippen molar-refractivity contribution in [3.05, 3.63) is 64.9 Å². The van der Waals surface area contributed by atoms with Crippen molar-refractivity contribution in [2.24, 2.45) is 5.92 Å². The average molecular weight is 408 g/mol. The zero-order valence-electron chi connectivity index (χ0n) is 14.8. The van der Waals surface area contributed by atoms with Crippen LogP contribution < -0.4 is 5.32 Å². The van der Waals surface area contributed by atoms with Crippen LogP contribution >= 0.6 is 11.6 Å². The van der Waals surface area contributed by atoms with Gasteiger partial charge in [0.2, 0.25) is 15.9 Å². The first-order valence-electron chi connectivity index (χ1n) is 8.83. The molecule has 1 aliphatic heterocycles. The molecule has 0 aliphatic carbocycles. The fourth-order valence-electron chi connectivity index (χ4n) is 3.16. The van der Waals surface area contributed by atoms with Gasteiger partial charge in [-0.15, -0.1) is 0 Å². The van der Waals surface area contributed by atoms with E-state index in [-0.39, 0.29) is 17.6 Å². The van der Waals surface area contributed by atoms with E-state index in [2.05, 4.69) is 10.3 Å². The molecule has 0 bridgehead atoms. The van der Waals surface area contributed by atoms with E-state index >= 15 is 0 Å². The number of carbonyl (C=O) groups is 1. The van der Waals surface area contributed by atoms with Gasteiger partial charge in [0.25, 0.3) is 0 Å². The van der Waals surface area contributed by atoms with Crippen LogP contribution in [0.3, 0.4) is 0 Å². The molecule has 1 N–H and O–H groups in total. The van der Waals surface area contributed by atoms with Crippen LogP contribution in [0.5, 0.6) is 0 Å². The fourth-order valence-corrected chi connectivity index (χ4v) is 4.92. The summed E-state index contributed by atoms with van der Waals surface area (Å²) in [6.07, 6.45) is 4.42. The van der Waals surface area contributed by atoms with Crippen molar-refractivity contribution in [2.45, 2.75) is 25.1 Å². The van der Waals surface area contributed by atoms with Gasteiger partial charge < -0.3 is 5.32 Å². The maximum Gasteiger partial charge on any atom is 0.223 e. The Balaban J connectivity index is 1.51. The maximum atomic E-state index is 12.6. The largest absolute Gasteiger partial charge is 0.352 e. The van der Waals surface area contributed by atoms with Crippen molar-refractivity contribution >= 4 is 27.5 Å². The maximum absolute atomic E-state index is 12.6. The number of hydrogen-bond acceptors (Lipinski definition) is 4. The number of rotatable bonds is 6. The predicted molar refractivity (Wildman–Crippen MR) is 104 cm³/mol. The third kappa shape index (κ3) is 5.51. The Morgan fingerprint density at radius 1 is 1.15 bits per heavy atom. The van der Waals surface area contributed by atoms with Crippen molar-refractivity contribution in [3.63, 3.8) is 0 Å². The van der Waals surface area contributed by atoms with Gasteiger partial charge in [-0.3, -0.25) is 9.78 Å². The molecule has 0 spiro atoms. The van der Waals surface area contributed by atoms with Crippen LogP contribution in [-0.4, -0.2) is 36.7 Å². The SMILES string of the molecule is O=C(NCc1ccncc1)C1CCN(S(=O)(=O)Cc2cccc(Cl)c2)CC1. The van der Waals surface area contributed by atoms with E-state index in [1.54, 1.807) is 36.7 Å². The highest BCUT2D eigenvalue weighted by Gasteiger charge is 2.31. The lowest BCUT2D eigenvalue weighted by atomic mass is 9.97. The average Bonchev–Trinajstić information content (AvgIpc) is 2.67. The second kappa shape index (κ2) is 8.82. The summed E-state index contributed by atoms with van der Waals surface area (Å²) >= 11 is 5.93. The first-order valence-corrected chi connectivity index (χ1v) is 10.8. The Hall–Kier alpha value is -1.96. The van der Waals surface area contributed by atoms with E-state index in [4.69, 9.17) is 11.6 Å². The first kappa shape index (κ1) is 19.8. The molecule has 1 aliphatic rings. The molecule has 1 aromatic carbocycles. The molecule has 1 fully saturated rings. The van der Waals surface area contributed by atoms with Crippen LogP contribution in [0.4, 0.5) is 0 Å². The number of amides is 1. The van der Waals surface area contributed by atoms with E-state index in [0.717, 1.165) is 5.56 Å². The minimum absolute atomic E-state index is 0.0290. The molecule has 6 nitrogen and oxygen atoms in total. The molecule has 2 heterocycles. The molecule has 3 rings (SSSR count). The summed E-state index contributed by atoms with van der Waals surface area (Å²) in [4.78, 5) is 16.3. The number of sulfonamides is 1. The summed E-state index contributed by atoms with van der Waals surface area (Å²) in [6.45, 7) is 1.17. The van der Waals surface area contributed by atoms with Gasteiger partial charge in [-0.25, -0.2) is 12.7 Å². The van der Waals surface area contributed by atoms with Crippen molar-refractivity contribution in [3.8, 4) is 0 Å². The standard InChI is InChI=1S/C19H22ClN3O3S/c20-18-3-1-2-16(12-18)14-27(25,26)23-10-6-17(7-11-23)19(24)22-13-15-4-8-21-9-5-15/h1-5,8-9,12,17H,6-7,10-11,13-14H2,(H,22,24). The fraction of sp³-hybridized carbons (Fsp3) is 0.368. The monoisotopic (exact) mass is 407 g/mol. The quantitative estimate of drug-likeness (QED) is 0.798. The summed E-state index contributed by atoms with van der Waals surface area (Å²) in [5.41, 5.74) is 1.65. The van der Waals surface area contributed by atoms with Gasteiger partial charge in [0.05, 0.1) is 5.75 Å². The van der Waals surface area contributed by atoms with Crippen molar-refractivity contribution < 1.29 is 13.2 Å². The molecule has 0 radical (unpaired) electrons. The van der Waals surface area contributed by atoms with Crippen molar-refractivity contribution in [1.29, 1.82) is 0 Å². The van der Waals surface area contributed by atoms with E-state index in [1.165, 1.54) is 4.31 Å². The van der Waals surface area contributed by atoms with Crippen LogP contribution in [0.25, 0.3) is 0 Å². The molecule has 144 valence electrons. The Kier molecular flexibility index (Phi) is 6.46. The predicted octanol–water partition coefficient (Wildman–Crippen LogP) is 2.59. The van der Waals surface area contributed by atoms with E-state index < -0.39 is 10.0 Å².